The smallest absolute Gasteiger partial charge is 0.242 e. The molecular weight excluding hydrogens is 290 g/mol. The van der Waals surface area contributed by atoms with Gasteiger partial charge in [0.1, 0.15) is 6.04 Å². The van der Waals surface area contributed by atoms with Crippen LogP contribution in [0.2, 0.25) is 0 Å². The first-order chi connectivity index (χ1) is 11.0. The molecule has 0 aromatic heterocycles. The molecule has 0 spiro atoms. The molecule has 5 heteroatoms. The van der Waals surface area contributed by atoms with Crippen LogP contribution in [0.4, 0.5) is 5.69 Å². The summed E-state index contributed by atoms with van der Waals surface area (Å²) in [5, 5.41) is 6.39. The Morgan fingerprint density at radius 1 is 1.30 bits per heavy atom. The largest absolute Gasteiger partial charge is 0.373 e. The second-order valence-corrected chi connectivity index (χ2v) is 6.76. The van der Waals surface area contributed by atoms with Gasteiger partial charge in [-0.15, -0.1) is 0 Å². The Morgan fingerprint density at radius 3 is 2.74 bits per heavy atom. The van der Waals surface area contributed by atoms with E-state index >= 15 is 0 Å². The number of rotatable bonds is 3. The third kappa shape index (κ3) is 3.66. The van der Waals surface area contributed by atoms with Crippen LogP contribution in [-0.4, -0.2) is 42.4 Å². The molecule has 2 amide bonds. The molecule has 1 aromatic carbocycles. The summed E-state index contributed by atoms with van der Waals surface area (Å²) in [7, 11) is 0. The molecule has 2 heterocycles. The van der Waals surface area contributed by atoms with E-state index in [1.807, 2.05) is 4.90 Å². The van der Waals surface area contributed by atoms with Crippen LogP contribution in [0, 0.1) is 12.8 Å². The highest BCUT2D eigenvalue weighted by Gasteiger charge is 2.27. The fourth-order valence-electron chi connectivity index (χ4n) is 3.47. The van der Waals surface area contributed by atoms with Crippen LogP contribution < -0.4 is 10.6 Å². The predicted octanol–water partition coefficient (Wildman–Crippen LogP) is 1.71. The lowest BCUT2D eigenvalue weighted by Gasteiger charge is -2.31. The topological polar surface area (TPSA) is 61.4 Å². The number of piperidine rings is 1. The van der Waals surface area contributed by atoms with Crippen LogP contribution in [0.3, 0.4) is 0 Å². The monoisotopic (exact) mass is 315 g/mol. The Kier molecular flexibility index (Phi) is 4.55. The summed E-state index contributed by atoms with van der Waals surface area (Å²) in [5.41, 5.74) is 3.52. The molecular formula is C18H25N3O2. The van der Waals surface area contributed by atoms with Crippen molar-refractivity contribution in [3.8, 4) is 0 Å². The van der Waals surface area contributed by atoms with Crippen molar-refractivity contribution in [2.24, 2.45) is 5.92 Å². The zero-order valence-corrected chi connectivity index (χ0v) is 13.9. The van der Waals surface area contributed by atoms with Crippen molar-refractivity contribution in [1.82, 2.24) is 10.2 Å². The minimum atomic E-state index is -0.163. The molecule has 124 valence electrons. The number of aryl methyl sites for hydroxylation is 1. The summed E-state index contributed by atoms with van der Waals surface area (Å²) >= 11 is 0. The number of benzene rings is 1. The molecule has 0 radical (unpaired) electrons. The fourth-order valence-corrected chi connectivity index (χ4v) is 3.47. The Labute approximate surface area is 137 Å². The molecule has 1 aromatic rings. The van der Waals surface area contributed by atoms with Crippen molar-refractivity contribution in [2.45, 2.75) is 39.2 Å². The number of likely N-dealkylation sites (tertiary alicyclic amines) is 1. The minimum Gasteiger partial charge on any atom is -0.373 e. The van der Waals surface area contributed by atoms with Crippen molar-refractivity contribution in [1.29, 1.82) is 0 Å². The van der Waals surface area contributed by atoms with Gasteiger partial charge in [-0.3, -0.25) is 9.59 Å². The van der Waals surface area contributed by atoms with Crippen molar-refractivity contribution in [2.75, 3.05) is 25.0 Å². The van der Waals surface area contributed by atoms with Gasteiger partial charge in [0.05, 0.1) is 0 Å². The highest BCUT2D eigenvalue weighted by molar-refractivity contribution is 5.87. The summed E-state index contributed by atoms with van der Waals surface area (Å²) in [6.45, 7) is 6.01. The van der Waals surface area contributed by atoms with Gasteiger partial charge in [0.25, 0.3) is 0 Å². The van der Waals surface area contributed by atoms with Gasteiger partial charge in [0.15, 0.2) is 0 Å². The van der Waals surface area contributed by atoms with E-state index in [4.69, 9.17) is 0 Å². The van der Waals surface area contributed by atoms with Gasteiger partial charge >= 0.3 is 0 Å². The van der Waals surface area contributed by atoms with Gasteiger partial charge in [-0.2, -0.15) is 0 Å². The first kappa shape index (κ1) is 15.8. The lowest BCUT2D eigenvalue weighted by molar-refractivity contribution is -0.130. The Hall–Kier alpha value is -2.04. The van der Waals surface area contributed by atoms with E-state index in [9.17, 15) is 9.59 Å². The number of anilines is 1. The van der Waals surface area contributed by atoms with Crippen molar-refractivity contribution < 1.29 is 9.59 Å². The molecule has 23 heavy (non-hydrogen) atoms. The maximum absolute atomic E-state index is 12.4. The third-order valence-corrected chi connectivity index (χ3v) is 4.96. The fraction of sp³-hybridized carbons (Fsp3) is 0.556. The molecule has 2 N–H and O–H groups in total. The van der Waals surface area contributed by atoms with E-state index in [1.165, 1.54) is 11.1 Å². The molecule has 0 bridgehead atoms. The van der Waals surface area contributed by atoms with Crippen LogP contribution >= 0.6 is 0 Å². The number of fused-ring (bicyclic) bond motifs is 1. The Bertz CT molecular complexity index is 606. The van der Waals surface area contributed by atoms with Crippen LogP contribution in [0.15, 0.2) is 18.2 Å². The van der Waals surface area contributed by atoms with E-state index in [-0.39, 0.29) is 17.9 Å². The third-order valence-electron chi connectivity index (χ3n) is 4.96. The maximum Gasteiger partial charge on any atom is 0.242 e. The van der Waals surface area contributed by atoms with Crippen LogP contribution in [0.5, 0.6) is 0 Å². The van der Waals surface area contributed by atoms with E-state index in [1.54, 1.807) is 6.92 Å². The first-order valence-corrected chi connectivity index (χ1v) is 8.42. The van der Waals surface area contributed by atoms with E-state index in [0.717, 1.165) is 38.0 Å². The molecule has 2 aliphatic heterocycles. The van der Waals surface area contributed by atoms with E-state index < -0.39 is 0 Å². The molecule has 0 saturated carbocycles. The van der Waals surface area contributed by atoms with Crippen LogP contribution in [0.1, 0.15) is 30.9 Å². The lowest BCUT2D eigenvalue weighted by Crippen LogP contribution is -2.44. The quantitative estimate of drug-likeness (QED) is 0.892. The average Bonchev–Trinajstić information content (AvgIpc) is 2.96. The minimum absolute atomic E-state index is 0.0767. The second-order valence-electron chi connectivity index (χ2n) is 6.76. The standard InChI is InChI=1S/C18H25N3O2/c1-12-3-4-16-15(9-12)10-17(20-16)18(23)19-11-14-5-7-21(8-6-14)13(2)22/h3-4,9,14,17,20H,5-8,10-11H2,1-2H3,(H,19,23)/t17-/m0/s1. The highest BCUT2D eigenvalue weighted by Crippen LogP contribution is 2.26. The van der Waals surface area contributed by atoms with E-state index in [0.29, 0.717) is 12.5 Å². The Morgan fingerprint density at radius 2 is 2.04 bits per heavy atom. The zero-order chi connectivity index (χ0) is 16.4. The molecule has 1 atom stereocenters. The van der Waals surface area contributed by atoms with Gasteiger partial charge in [0.2, 0.25) is 11.8 Å². The van der Waals surface area contributed by atoms with Crippen LogP contribution in [0.25, 0.3) is 0 Å². The molecule has 3 rings (SSSR count). The summed E-state index contributed by atoms with van der Waals surface area (Å²) in [5.74, 6) is 0.698. The summed E-state index contributed by atoms with van der Waals surface area (Å²) in [6, 6.07) is 6.10. The molecule has 0 unspecified atom stereocenters. The summed E-state index contributed by atoms with van der Waals surface area (Å²) in [4.78, 5) is 25.6. The SMILES string of the molecule is CC(=O)N1CCC(CNC(=O)[C@@H]2Cc3cc(C)ccc3N2)CC1. The number of hydrogen-bond acceptors (Lipinski definition) is 3. The number of carbonyl (C=O) groups is 2. The number of carbonyl (C=O) groups excluding carboxylic acids is 2. The van der Waals surface area contributed by atoms with Gasteiger partial charge in [-0.1, -0.05) is 17.7 Å². The number of nitrogens with zero attached hydrogens (tertiary/aromatic N) is 1. The van der Waals surface area contributed by atoms with Crippen LogP contribution in [-0.2, 0) is 16.0 Å². The molecule has 2 aliphatic rings. The maximum atomic E-state index is 12.4. The average molecular weight is 315 g/mol. The highest BCUT2D eigenvalue weighted by atomic mass is 16.2. The second kappa shape index (κ2) is 6.60. The van der Waals surface area contributed by atoms with Gasteiger partial charge in [-0.05, 0) is 37.3 Å². The summed E-state index contributed by atoms with van der Waals surface area (Å²) < 4.78 is 0. The molecule has 0 aliphatic carbocycles. The van der Waals surface area contributed by atoms with Crippen molar-refractivity contribution in [3.63, 3.8) is 0 Å². The van der Waals surface area contributed by atoms with Gasteiger partial charge in [0, 0.05) is 38.7 Å². The van der Waals surface area contributed by atoms with Crippen molar-refractivity contribution in [3.05, 3.63) is 29.3 Å². The Balaban J connectivity index is 1.45. The lowest BCUT2D eigenvalue weighted by atomic mass is 9.96. The van der Waals surface area contributed by atoms with Crippen molar-refractivity contribution >= 4 is 17.5 Å². The van der Waals surface area contributed by atoms with Gasteiger partial charge in [-0.25, -0.2) is 0 Å². The molecule has 1 saturated heterocycles. The van der Waals surface area contributed by atoms with E-state index in [2.05, 4.69) is 35.8 Å². The predicted molar refractivity (Wildman–Crippen MR) is 90.3 cm³/mol. The molecule has 1 fully saturated rings. The normalized spacial score (nSPS) is 20.8. The molecule has 5 nitrogen and oxygen atoms in total. The zero-order valence-electron chi connectivity index (χ0n) is 13.9. The first-order valence-electron chi connectivity index (χ1n) is 8.42. The number of nitrogens with one attached hydrogen (secondary N) is 2. The number of amides is 2. The number of hydrogen-bond donors (Lipinski definition) is 2. The summed E-state index contributed by atoms with van der Waals surface area (Å²) in [6.07, 6.45) is 2.69. The van der Waals surface area contributed by atoms with Gasteiger partial charge < -0.3 is 15.5 Å².